The lowest BCUT2D eigenvalue weighted by Crippen LogP contribution is -2.13. The van der Waals surface area contributed by atoms with Gasteiger partial charge in [-0.25, -0.2) is 4.98 Å². The molecule has 1 heterocycles. The lowest BCUT2D eigenvalue weighted by molar-refractivity contribution is -0.385. The van der Waals surface area contributed by atoms with Gasteiger partial charge in [-0.2, -0.15) is 0 Å². The van der Waals surface area contributed by atoms with Crippen molar-refractivity contribution in [3.05, 3.63) is 81.9 Å². The van der Waals surface area contributed by atoms with Gasteiger partial charge in [0.15, 0.2) is 5.58 Å². The summed E-state index contributed by atoms with van der Waals surface area (Å²) in [7, 11) is 0. The molecule has 8 nitrogen and oxygen atoms in total. The lowest BCUT2D eigenvalue weighted by Gasteiger charge is -2.08. The van der Waals surface area contributed by atoms with Crippen LogP contribution < -0.4 is 5.32 Å². The van der Waals surface area contributed by atoms with E-state index in [9.17, 15) is 20.0 Å². The van der Waals surface area contributed by atoms with Crippen LogP contribution in [-0.4, -0.2) is 20.9 Å². The number of rotatable bonds is 5. The number of carbonyl (C=O) groups excluding carboxylic acids is 1. The number of aromatic hydroxyl groups is 1. The zero-order valence-corrected chi connectivity index (χ0v) is 16.0. The van der Waals surface area contributed by atoms with E-state index in [0.717, 1.165) is 12.0 Å². The van der Waals surface area contributed by atoms with Gasteiger partial charge in [0.25, 0.3) is 11.6 Å². The van der Waals surface area contributed by atoms with Crippen molar-refractivity contribution in [2.24, 2.45) is 0 Å². The van der Waals surface area contributed by atoms with Crippen molar-refractivity contribution in [1.82, 2.24) is 4.98 Å². The Morgan fingerprint density at radius 1 is 1.17 bits per heavy atom. The first-order chi connectivity index (χ1) is 14.5. The monoisotopic (exact) mass is 403 g/mol. The Balaban J connectivity index is 1.67. The van der Waals surface area contributed by atoms with Crippen molar-refractivity contribution in [3.63, 3.8) is 0 Å². The number of nitro benzene ring substituents is 1. The molecule has 150 valence electrons. The summed E-state index contributed by atoms with van der Waals surface area (Å²) >= 11 is 0. The second kappa shape index (κ2) is 7.67. The zero-order valence-electron chi connectivity index (χ0n) is 16.0. The van der Waals surface area contributed by atoms with Crippen LogP contribution in [-0.2, 0) is 6.42 Å². The number of hydrogen-bond acceptors (Lipinski definition) is 6. The fraction of sp³-hybridized carbons (Fsp3) is 0.0909. The molecule has 0 fully saturated rings. The highest BCUT2D eigenvalue weighted by molar-refractivity contribution is 6.07. The molecule has 0 spiro atoms. The number of anilines is 1. The number of phenols is 1. The molecule has 0 saturated heterocycles. The van der Waals surface area contributed by atoms with Gasteiger partial charge >= 0.3 is 0 Å². The Hall–Kier alpha value is -4.20. The first-order valence-corrected chi connectivity index (χ1v) is 9.24. The van der Waals surface area contributed by atoms with Crippen LogP contribution in [0.1, 0.15) is 22.8 Å². The van der Waals surface area contributed by atoms with E-state index in [1.165, 1.54) is 36.4 Å². The predicted molar refractivity (Wildman–Crippen MR) is 112 cm³/mol. The Labute approximate surface area is 170 Å². The van der Waals surface area contributed by atoms with Gasteiger partial charge in [0.2, 0.25) is 5.89 Å². The molecule has 1 aromatic heterocycles. The molecule has 2 N–H and O–H groups in total. The molecule has 30 heavy (non-hydrogen) atoms. The Bertz CT molecular complexity index is 1280. The first kappa shape index (κ1) is 19.1. The normalized spacial score (nSPS) is 10.8. The lowest BCUT2D eigenvalue weighted by atomic mass is 10.1. The van der Waals surface area contributed by atoms with Gasteiger partial charge in [0.05, 0.1) is 10.5 Å². The summed E-state index contributed by atoms with van der Waals surface area (Å²) in [6.45, 7) is 2.04. The van der Waals surface area contributed by atoms with Gasteiger partial charge in [0, 0.05) is 11.8 Å². The highest BCUT2D eigenvalue weighted by Crippen LogP contribution is 2.34. The average molecular weight is 403 g/mol. The summed E-state index contributed by atoms with van der Waals surface area (Å²) in [4.78, 5) is 27.6. The van der Waals surface area contributed by atoms with Gasteiger partial charge in [-0.05, 0) is 48.4 Å². The highest BCUT2D eigenvalue weighted by atomic mass is 16.6. The SMILES string of the molecule is CCc1ccc2oc(-c3cc(NC(=O)c4ccccc4[N+](=O)[O-])ccc3O)nc2c1. The molecule has 0 saturated carbocycles. The highest BCUT2D eigenvalue weighted by Gasteiger charge is 2.20. The van der Waals surface area contributed by atoms with Crippen LogP contribution in [0.15, 0.2) is 65.1 Å². The van der Waals surface area contributed by atoms with Crippen molar-refractivity contribution < 1.29 is 19.2 Å². The smallest absolute Gasteiger partial charge is 0.282 e. The molecule has 0 aliphatic rings. The number of para-hydroxylation sites is 1. The van der Waals surface area contributed by atoms with Crippen molar-refractivity contribution in [1.29, 1.82) is 0 Å². The van der Waals surface area contributed by atoms with Crippen LogP contribution in [0.3, 0.4) is 0 Å². The van der Waals surface area contributed by atoms with E-state index in [-0.39, 0.29) is 22.9 Å². The van der Waals surface area contributed by atoms with Crippen molar-refractivity contribution in [2.75, 3.05) is 5.32 Å². The van der Waals surface area contributed by atoms with Crippen molar-refractivity contribution >= 4 is 28.4 Å². The molecule has 8 heteroatoms. The predicted octanol–water partition coefficient (Wildman–Crippen LogP) is 4.92. The Morgan fingerprint density at radius 3 is 2.73 bits per heavy atom. The van der Waals surface area contributed by atoms with E-state index in [1.54, 1.807) is 6.07 Å². The summed E-state index contributed by atoms with van der Waals surface area (Å²) in [5, 5.41) is 24.1. The van der Waals surface area contributed by atoms with Gasteiger partial charge in [-0.3, -0.25) is 14.9 Å². The molecule has 4 rings (SSSR count). The van der Waals surface area contributed by atoms with E-state index in [4.69, 9.17) is 4.42 Å². The average Bonchev–Trinajstić information content (AvgIpc) is 3.18. The van der Waals surface area contributed by atoms with E-state index >= 15 is 0 Å². The van der Waals surface area contributed by atoms with Crippen LogP contribution in [0.2, 0.25) is 0 Å². The van der Waals surface area contributed by atoms with E-state index < -0.39 is 10.8 Å². The van der Waals surface area contributed by atoms with E-state index in [2.05, 4.69) is 10.3 Å². The molecule has 1 amide bonds. The summed E-state index contributed by atoms with van der Waals surface area (Å²) in [6.07, 6.45) is 0.858. The molecule has 0 bridgehead atoms. The standard InChI is InChI=1S/C22H17N3O5/c1-2-13-7-10-20-17(11-13)24-22(30-20)16-12-14(8-9-19(16)26)23-21(27)15-5-3-4-6-18(15)25(28)29/h3-12,26H,2H2,1H3,(H,23,27). The van der Waals surface area contributed by atoms with Crippen LogP contribution in [0.4, 0.5) is 11.4 Å². The third-order valence-electron chi connectivity index (χ3n) is 4.69. The second-order valence-electron chi connectivity index (χ2n) is 6.63. The van der Waals surface area contributed by atoms with Crippen LogP contribution in [0.5, 0.6) is 5.75 Å². The quantitative estimate of drug-likeness (QED) is 0.277. The fourth-order valence-corrected chi connectivity index (χ4v) is 3.12. The first-order valence-electron chi connectivity index (χ1n) is 9.24. The van der Waals surface area contributed by atoms with Crippen LogP contribution >= 0.6 is 0 Å². The zero-order chi connectivity index (χ0) is 21.3. The molecule has 3 aromatic carbocycles. The maximum Gasteiger partial charge on any atom is 0.282 e. The topological polar surface area (TPSA) is 118 Å². The minimum absolute atomic E-state index is 0.0638. The minimum Gasteiger partial charge on any atom is -0.507 e. The third-order valence-corrected chi connectivity index (χ3v) is 4.69. The maximum atomic E-state index is 12.6. The Morgan fingerprint density at radius 2 is 1.97 bits per heavy atom. The number of aromatic nitrogens is 1. The van der Waals surface area contributed by atoms with Gasteiger partial charge in [-0.1, -0.05) is 25.1 Å². The molecule has 0 aliphatic heterocycles. The number of oxazole rings is 1. The summed E-state index contributed by atoms with van der Waals surface area (Å²) in [5.41, 5.74) is 2.63. The van der Waals surface area contributed by atoms with Crippen molar-refractivity contribution in [2.45, 2.75) is 13.3 Å². The van der Waals surface area contributed by atoms with Gasteiger partial charge < -0.3 is 14.8 Å². The molecular formula is C22H17N3O5. The number of carbonyl (C=O) groups is 1. The minimum atomic E-state index is -0.635. The number of fused-ring (bicyclic) bond motifs is 1. The molecule has 0 aliphatic carbocycles. The number of nitrogens with zero attached hydrogens (tertiary/aromatic N) is 2. The number of amides is 1. The third kappa shape index (κ3) is 3.58. The maximum absolute atomic E-state index is 12.6. The molecule has 4 aromatic rings. The largest absolute Gasteiger partial charge is 0.507 e. The summed E-state index contributed by atoms with van der Waals surface area (Å²) in [5.74, 6) is -0.498. The Kier molecular flexibility index (Phi) is 4.89. The number of hydrogen-bond donors (Lipinski definition) is 2. The summed E-state index contributed by atoms with van der Waals surface area (Å²) in [6, 6.07) is 15.8. The number of phenolic OH excluding ortho intramolecular Hbond substituents is 1. The second-order valence-corrected chi connectivity index (χ2v) is 6.63. The molecular weight excluding hydrogens is 386 g/mol. The van der Waals surface area contributed by atoms with Crippen molar-refractivity contribution in [3.8, 4) is 17.2 Å². The van der Waals surface area contributed by atoms with E-state index in [0.29, 0.717) is 22.4 Å². The molecule has 0 radical (unpaired) electrons. The number of aryl methyl sites for hydroxylation is 1. The van der Waals surface area contributed by atoms with Gasteiger partial charge in [-0.15, -0.1) is 0 Å². The number of nitro groups is 1. The molecule has 0 atom stereocenters. The number of nitrogens with one attached hydrogen (secondary N) is 1. The van der Waals surface area contributed by atoms with Crippen LogP contribution in [0.25, 0.3) is 22.6 Å². The van der Waals surface area contributed by atoms with Gasteiger partial charge in [0.1, 0.15) is 16.8 Å². The fourth-order valence-electron chi connectivity index (χ4n) is 3.12. The van der Waals surface area contributed by atoms with E-state index in [1.807, 2.05) is 25.1 Å². The summed E-state index contributed by atoms with van der Waals surface area (Å²) < 4.78 is 5.76. The number of benzene rings is 3. The molecule has 0 unspecified atom stereocenters. The van der Waals surface area contributed by atoms with Crippen LogP contribution in [0, 0.1) is 10.1 Å².